The number of carbonyl (C=O) groups is 3. The van der Waals surface area contributed by atoms with Crippen molar-refractivity contribution < 1.29 is 33.9 Å². The Morgan fingerprint density at radius 1 is 1.18 bits per heavy atom. The number of hydrogen-bond acceptors (Lipinski definition) is 8. The minimum atomic E-state index is -1.12. The third-order valence-electron chi connectivity index (χ3n) is 8.23. The number of nitrogens with zero attached hydrogens (tertiary/aromatic N) is 2. The number of fused-ring (bicyclic) bond motifs is 3. The van der Waals surface area contributed by atoms with Gasteiger partial charge in [0.1, 0.15) is 5.75 Å². The molecule has 0 bridgehead atoms. The molecule has 1 aliphatic carbocycles. The first-order valence-corrected chi connectivity index (χ1v) is 13.6. The third-order valence-corrected chi connectivity index (χ3v) is 8.23. The van der Waals surface area contributed by atoms with E-state index in [0.717, 1.165) is 29.5 Å². The lowest BCUT2D eigenvalue weighted by Gasteiger charge is -2.44. The van der Waals surface area contributed by atoms with Crippen molar-refractivity contribution in [2.75, 3.05) is 7.11 Å². The number of likely N-dealkylation sites (tertiary alicyclic amines) is 1. The number of benzene rings is 1. The molecule has 4 atom stereocenters. The average Bonchev–Trinajstić information content (AvgIpc) is 3.20. The number of rotatable bonds is 6. The highest BCUT2D eigenvalue weighted by Crippen LogP contribution is 2.52. The summed E-state index contributed by atoms with van der Waals surface area (Å²) in [6, 6.07) is 12.7. The van der Waals surface area contributed by atoms with Crippen molar-refractivity contribution in [1.29, 1.82) is 0 Å². The maximum Gasteiger partial charge on any atom is 0.455 e. The number of methoxy groups -OCH3 is 1. The molecule has 2 aromatic rings. The first kappa shape index (κ1) is 27.8. The lowest BCUT2D eigenvalue weighted by molar-refractivity contribution is -0.137. The Labute approximate surface area is 233 Å². The summed E-state index contributed by atoms with van der Waals surface area (Å²) in [5.41, 5.74) is 4.26. The molecule has 9 nitrogen and oxygen atoms in total. The van der Waals surface area contributed by atoms with Crippen molar-refractivity contribution in [2.45, 2.75) is 45.5 Å². The van der Waals surface area contributed by atoms with Crippen LogP contribution < -0.4 is 0 Å². The van der Waals surface area contributed by atoms with Crippen LogP contribution in [0.25, 0.3) is 11.6 Å². The van der Waals surface area contributed by atoms with Gasteiger partial charge in [0.2, 0.25) is 11.8 Å². The fourth-order valence-electron chi connectivity index (χ4n) is 6.43. The van der Waals surface area contributed by atoms with Gasteiger partial charge in [0.05, 0.1) is 30.7 Å². The fourth-order valence-corrected chi connectivity index (χ4v) is 6.43. The molecule has 3 heterocycles. The number of ether oxygens (including phenoxy) is 1. The number of allylic oxidation sites excluding steroid dienone is 2. The van der Waals surface area contributed by atoms with Crippen LogP contribution in [0.1, 0.15) is 44.4 Å². The Morgan fingerprint density at radius 3 is 2.60 bits per heavy atom. The zero-order valence-corrected chi connectivity index (χ0v) is 22.8. The molecule has 1 aromatic carbocycles. The fraction of sp³-hybridized carbons (Fsp3) is 0.400. The van der Waals surface area contributed by atoms with E-state index < -0.39 is 48.9 Å². The van der Waals surface area contributed by atoms with Crippen molar-refractivity contribution in [2.24, 2.45) is 23.7 Å². The molecular weight excluding hydrogens is 511 g/mol. The highest BCUT2D eigenvalue weighted by molar-refractivity contribution is 6.43. The van der Waals surface area contributed by atoms with Crippen LogP contribution in [0.2, 0.25) is 6.32 Å². The Balaban J connectivity index is 1.50. The Kier molecular flexibility index (Phi) is 7.91. The van der Waals surface area contributed by atoms with Crippen molar-refractivity contribution in [3.63, 3.8) is 0 Å². The van der Waals surface area contributed by atoms with E-state index in [9.17, 15) is 24.5 Å². The zero-order valence-electron chi connectivity index (χ0n) is 22.8. The van der Waals surface area contributed by atoms with Gasteiger partial charge in [0.25, 0.3) is 0 Å². The van der Waals surface area contributed by atoms with Gasteiger partial charge in [-0.3, -0.25) is 14.6 Å². The second-order valence-electron chi connectivity index (χ2n) is 10.9. The molecule has 0 spiro atoms. The normalized spacial score (nSPS) is 24.9. The Morgan fingerprint density at radius 2 is 1.93 bits per heavy atom. The molecule has 10 heteroatoms. The van der Waals surface area contributed by atoms with Crippen molar-refractivity contribution >= 4 is 36.7 Å². The first-order valence-electron chi connectivity index (χ1n) is 13.6. The van der Waals surface area contributed by atoms with E-state index >= 15 is 0 Å². The van der Waals surface area contributed by atoms with Gasteiger partial charge in [-0.2, -0.15) is 4.90 Å². The van der Waals surface area contributed by atoms with Crippen molar-refractivity contribution in [3.8, 4) is 5.75 Å². The van der Waals surface area contributed by atoms with E-state index in [0.29, 0.717) is 29.7 Å². The van der Waals surface area contributed by atoms with Crippen LogP contribution in [0.5, 0.6) is 5.75 Å². The van der Waals surface area contributed by atoms with E-state index in [1.807, 2.05) is 50.3 Å². The van der Waals surface area contributed by atoms with Crippen LogP contribution in [-0.2, 0) is 19.0 Å². The van der Waals surface area contributed by atoms with Gasteiger partial charge < -0.3 is 19.5 Å². The van der Waals surface area contributed by atoms with Crippen LogP contribution >= 0.6 is 0 Å². The smallest absolute Gasteiger partial charge is 0.455 e. The van der Waals surface area contributed by atoms with Gasteiger partial charge in [-0.25, -0.2) is 4.79 Å². The summed E-state index contributed by atoms with van der Waals surface area (Å²) in [5.74, 6) is -2.75. The molecule has 2 N–H and O–H groups in total. The summed E-state index contributed by atoms with van der Waals surface area (Å²) in [5, 5.41) is 21.2. The predicted octanol–water partition coefficient (Wildman–Crippen LogP) is 4.33. The predicted molar refractivity (Wildman–Crippen MR) is 148 cm³/mol. The summed E-state index contributed by atoms with van der Waals surface area (Å²) >= 11 is 0. The monoisotopic (exact) mass is 544 g/mol. The minimum absolute atomic E-state index is 0.0712. The van der Waals surface area contributed by atoms with Gasteiger partial charge in [0.15, 0.2) is 0 Å². The lowest BCUT2D eigenvalue weighted by Crippen LogP contribution is -2.46. The van der Waals surface area contributed by atoms with Gasteiger partial charge in [-0.1, -0.05) is 43.7 Å². The van der Waals surface area contributed by atoms with Crippen LogP contribution in [0, 0.1) is 23.7 Å². The number of carbonyl (C=O) groups excluding carboxylic acids is 3. The molecule has 2 aliphatic heterocycles. The van der Waals surface area contributed by atoms with Crippen molar-refractivity contribution in [3.05, 3.63) is 71.1 Å². The molecular formula is C30H33BN2O7. The molecule has 1 aromatic heterocycles. The standard InChI is InChI=1S/C30H33BN2O7/c1-17(2)20-15-21-27(29(36)33(28(21)35)30(37)39-3)22-16-31(38)40-25(26(20)22)12-11-18(23-9-6-7-13-32-23)14-19-8-4-5-10-24(19)34/h4-10,13-14,17,21-22,25,27,34,38H,11-12,15-16H2,1-3H3/b18-14-/t21-,22+,25-,27-/m1/s1. The molecule has 2 saturated heterocycles. The quantitative estimate of drug-likeness (QED) is 0.313. The van der Waals surface area contributed by atoms with E-state index in [-0.39, 0.29) is 18.0 Å². The molecule has 3 aliphatic rings. The van der Waals surface area contributed by atoms with E-state index in [4.69, 9.17) is 9.39 Å². The molecule has 40 heavy (non-hydrogen) atoms. The van der Waals surface area contributed by atoms with E-state index in [1.54, 1.807) is 18.3 Å². The lowest BCUT2D eigenvalue weighted by atomic mass is 9.57. The molecule has 5 rings (SSSR count). The summed E-state index contributed by atoms with van der Waals surface area (Å²) < 4.78 is 10.8. The summed E-state index contributed by atoms with van der Waals surface area (Å²) in [4.78, 5) is 44.0. The van der Waals surface area contributed by atoms with Crippen LogP contribution in [0.4, 0.5) is 4.79 Å². The number of para-hydroxylation sites is 1. The minimum Gasteiger partial charge on any atom is -0.507 e. The Hall–Kier alpha value is -3.76. The van der Waals surface area contributed by atoms with Crippen LogP contribution in [0.3, 0.4) is 0 Å². The SMILES string of the molecule is COC(=O)N1C(=O)[C@@H]2[C@@H](CC(C(C)C)=C3[C@@H](CC/C(=C/c4ccccc4O)c4ccccn4)OB(O)C[C@@H]32)C1=O. The average molecular weight is 544 g/mol. The molecule has 0 radical (unpaired) electrons. The summed E-state index contributed by atoms with van der Waals surface area (Å²) in [6.07, 6.45) is 3.64. The van der Waals surface area contributed by atoms with Gasteiger partial charge in [0, 0.05) is 11.8 Å². The maximum absolute atomic E-state index is 13.4. The molecule has 208 valence electrons. The van der Waals surface area contributed by atoms with Crippen LogP contribution in [0.15, 0.2) is 59.8 Å². The molecule has 2 fully saturated rings. The second kappa shape index (κ2) is 11.4. The summed E-state index contributed by atoms with van der Waals surface area (Å²) in [6.45, 7) is 4.08. The number of imide groups is 3. The maximum atomic E-state index is 13.4. The van der Waals surface area contributed by atoms with E-state index in [1.165, 1.54) is 0 Å². The topological polar surface area (TPSA) is 126 Å². The van der Waals surface area contributed by atoms with Crippen molar-refractivity contribution in [1.82, 2.24) is 9.88 Å². The highest BCUT2D eigenvalue weighted by Gasteiger charge is 2.59. The number of pyridine rings is 1. The molecule has 0 unspecified atom stereocenters. The van der Waals surface area contributed by atoms with Gasteiger partial charge in [-0.05, 0) is 72.8 Å². The van der Waals surface area contributed by atoms with E-state index in [2.05, 4.69) is 4.98 Å². The largest absolute Gasteiger partial charge is 0.507 e. The third kappa shape index (κ3) is 5.09. The highest BCUT2D eigenvalue weighted by atomic mass is 16.5. The number of aromatic hydroxyl groups is 1. The first-order chi connectivity index (χ1) is 19.2. The number of hydrogen-bond donors (Lipinski definition) is 2. The van der Waals surface area contributed by atoms with Gasteiger partial charge in [-0.15, -0.1) is 0 Å². The number of phenols is 1. The zero-order chi connectivity index (χ0) is 28.6. The van der Waals surface area contributed by atoms with Gasteiger partial charge >= 0.3 is 13.2 Å². The Bertz CT molecular complexity index is 1370. The molecule has 0 saturated carbocycles. The number of phenolic OH excluding ortho intramolecular Hbond substituents is 1. The van der Waals surface area contributed by atoms with Crippen LogP contribution in [-0.4, -0.2) is 58.3 Å². The number of amides is 3. The summed E-state index contributed by atoms with van der Waals surface area (Å²) in [7, 11) is 0.0194. The second-order valence-corrected chi connectivity index (χ2v) is 10.9. The number of aromatic nitrogens is 1. The molecule has 3 amide bonds.